The predicted molar refractivity (Wildman–Crippen MR) is 21.7 cm³/mol. The lowest BCUT2D eigenvalue weighted by molar-refractivity contribution is 1.08. The van der Waals surface area contributed by atoms with Gasteiger partial charge in [-0.05, 0) is 0 Å². The van der Waals surface area contributed by atoms with Crippen molar-refractivity contribution in [1.29, 1.82) is 0 Å². The van der Waals surface area contributed by atoms with Crippen molar-refractivity contribution in [3.05, 3.63) is 0 Å². The standard InChI is InChI=1S/CH5N5/c2-4-1-5-6-3/h1H,2H2,(H2,3,4,5). The first-order valence-corrected chi connectivity index (χ1v) is 1.23. The molecule has 0 aliphatic rings. The highest BCUT2D eigenvalue weighted by atomic mass is 15.3. The summed E-state index contributed by atoms with van der Waals surface area (Å²) in [4.78, 5) is 0. The molecule has 0 unspecified atom stereocenters. The van der Waals surface area contributed by atoms with E-state index in [0.29, 0.717) is 0 Å². The fraction of sp³-hybridized carbons (Fsp3) is 0. The molecule has 0 saturated heterocycles. The lowest BCUT2D eigenvalue weighted by Gasteiger charge is -1.64. The molecule has 0 aromatic rings. The molecule has 5 nitrogen and oxygen atoms in total. The molecule has 0 aliphatic carbocycles. The Morgan fingerprint density at radius 2 is 2.00 bits per heavy atom. The van der Waals surface area contributed by atoms with Crippen LogP contribution in [-0.4, -0.2) is 6.34 Å². The van der Waals surface area contributed by atoms with Crippen LogP contribution in [0.3, 0.4) is 0 Å². The number of hydrogen-bond acceptors (Lipinski definition) is 3. The van der Waals surface area contributed by atoms with E-state index in [0.717, 1.165) is 6.34 Å². The second kappa shape index (κ2) is 3.87. The molecule has 0 amide bonds. The zero-order valence-electron chi connectivity index (χ0n) is 3.07. The fourth-order valence-corrected chi connectivity index (χ4v) is 0.0596. The van der Waals surface area contributed by atoms with Gasteiger partial charge in [0.1, 0.15) is 0 Å². The monoisotopic (exact) mass is 87.1 g/mol. The maximum atomic E-state index is 4.57. The molecule has 0 bridgehead atoms. The van der Waals surface area contributed by atoms with E-state index in [9.17, 15) is 0 Å². The molecule has 4 N–H and O–H groups in total. The van der Waals surface area contributed by atoms with E-state index < -0.39 is 0 Å². The van der Waals surface area contributed by atoms with Gasteiger partial charge >= 0.3 is 0 Å². The van der Waals surface area contributed by atoms with Crippen molar-refractivity contribution >= 4 is 6.34 Å². The Morgan fingerprint density at radius 1 is 1.33 bits per heavy atom. The second-order valence-corrected chi connectivity index (χ2v) is 0.495. The first-order valence-electron chi connectivity index (χ1n) is 1.23. The molecule has 6 heavy (non-hydrogen) atoms. The average molecular weight is 87.1 g/mol. The molecule has 0 heterocycles. The summed E-state index contributed by atoms with van der Waals surface area (Å²) in [5.41, 5.74) is 0. The second-order valence-electron chi connectivity index (χ2n) is 0.495. The van der Waals surface area contributed by atoms with Crippen LogP contribution in [-0.2, 0) is 0 Å². The molecule has 0 spiro atoms. The SMILES string of the molecule is NN=CN=NN. The number of rotatable bonds is 1. The third-order valence-electron chi connectivity index (χ3n) is 0.185. The van der Waals surface area contributed by atoms with Crippen LogP contribution >= 0.6 is 0 Å². The van der Waals surface area contributed by atoms with Gasteiger partial charge in [0.15, 0.2) is 6.34 Å². The lowest BCUT2D eigenvalue weighted by atomic mass is 11.4. The third kappa shape index (κ3) is 2.87. The summed E-state index contributed by atoms with van der Waals surface area (Å²) in [6.45, 7) is 0. The Bertz CT molecular complexity index is 52.3. The minimum absolute atomic E-state index is 1.04. The van der Waals surface area contributed by atoms with Crippen molar-refractivity contribution in [2.24, 2.45) is 27.1 Å². The van der Waals surface area contributed by atoms with Crippen LogP contribution in [0, 0.1) is 0 Å². The van der Waals surface area contributed by atoms with Crippen LogP contribution in [0.15, 0.2) is 15.4 Å². The summed E-state index contributed by atoms with van der Waals surface area (Å²) < 4.78 is 0. The summed E-state index contributed by atoms with van der Waals surface area (Å²) in [5.74, 6) is 9.10. The van der Waals surface area contributed by atoms with E-state index in [4.69, 9.17) is 0 Å². The third-order valence-corrected chi connectivity index (χ3v) is 0.185. The van der Waals surface area contributed by atoms with E-state index in [1.54, 1.807) is 0 Å². The number of hydrazone groups is 1. The smallest absolute Gasteiger partial charge is 0.159 e. The van der Waals surface area contributed by atoms with Crippen LogP contribution in [0.1, 0.15) is 0 Å². The average Bonchev–Trinajstić information content (AvgIpc) is 1.61. The minimum atomic E-state index is 1.04. The van der Waals surface area contributed by atoms with Crippen LogP contribution < -0.4 is 11.7 Å². The van der Waals surface area contributed by atoms with Crippen molar-refractivity contribution in [3.8, 4) is 0 Å². The summed E-state index contributed by atoms with van der Waals surface area (Å²) in [5, 5.41) is 8.86. The first-order chi connectivity index (χ1) is 2.91. The van der Waals surface area contributed by atoms with E-state index in [1.165, 1.54) is 0 Å². The highest BCUT2D eigenvalue weighted by Crippen LogP contribution is 1.52. The highest BCUT2D eigenvalue weighted by Gasteiger charge is 1.50. The van der Waals surface area contributed by atoms with E-state index in [2.05, 4.69) is 27.1 Å². The Morgan fingerprint density at radius 3 is 2.17 bits per heavy atom. The van der Waals surface area contributed by atoms with Crippen molar-refractivity contribution in [2.45, 2.75) is 0 Å². The van der Waals surface area contributed by atoms with E-state index in [1.807, 2.05) is 0 Å². The summed E-state index contributed by atoms with van der Waals surface area (Å²) in [6.07, 6.45) is 1.04. The zero-order chi connectivity index (χ0) is 4.83. The van der Waals surface area contributed by atoms with Crippen molar-refractivity contribution in [3.63, 3.8) is 0 Å². The fourth-order valence-electron chi connectivity index (χ4n) is 0.0596. The predicted octanol–water partition coefficient (Wildman–Crippen LogP) is -0.786. The van der Waals surface area contributed by atoms with E-state index >= 15 is 0 Å². The molecular weight excluding hydrogens is 82.0 g/mol. The highest BCUT2D eigenvalue weighted by molar-refractivity contribution is 5.53. The van der Waals surface area contributed by atoms with Crippen LogP contribution in [0.2, 0.25) is 0 Å². The van der Waals surface area contributed by atoms with Gasteiger partial charge in [0.05, 0.1) is 0 Å². The Kier molecular flexibility index (Phi) is 3.14. The van der Waals surface area contributed by atoms with Gasteiger partial charge in [-0.25, -0.2) is 0 Å². The van der Waals surface area contributed by atoms with Crippen molar-refractivity contribution < 1.29 is 0 Å². The Balaban J connectivity index is 3.07. The van der Waals surface area contributed by atoms with E-state index in [-0.39, 0.29) is 0 Å². The van der Waals surface area contributed by atoms with Gasteiger partial charge in [0.25, 0.3) is 0 Å². The molecule has 0 aliphatic heterocycles. The largest absolute Gasteiger partial charge is 0.322 e. The number of nitrogens with two attached hydrogens (primary N) is 2. The van der Waals surface area contributed by atoms with Gasteiger partial charge in [-0.15, -0.1) is 5.11 Å². The van der Waals surface area contributed by atoms with Crippen LogP contribution in [0.4, 0.5) is 0 Å². The molecule has 34 valence electrons. The van der Waals surface area contributed by atoms with Gasteiger partial charge in [0.2, 0.25) is 0 Å². The Labute approximate surface area is 34.7 Å². The quantitative estimate of drug-likeness (QED) is 0.144. The molecule has 0 saturated carbocycles. The van der Waals surface area contributed by atoms with Crippen molar-refractivity contribution in [2.75, 3.05) is 0 Å². The molecule has 0 aromatic heterocycles. The van der Waals surface area contributed by atoms with Crippen LogP contribution in [0.25, 0.3) is 0 Å². The number of nitrogens with zero attached hydrogens (tertiary/aromatic N) is 3. The minimum Gasteiger partial charge on any atom is -0.322 e. The Hall–Kier alpha value is -1.13. The topological polar surface area (TPSA) is 89.1 Å². The van der Waals surface area contributed by atoms with Gasteiger partial charge in [0, 0.05) is 0 Å². The summed E-state index contributed by atoms with van der Waals surface area (Å²) in [6, 6.07) is 0. The van der Waals surface area contributed by atoms with Crippen molar-refractivity contribution in [1.82, 2.24) is 0 Å². The zero-order valence-corrected chi connectivity index (χ0v) is 3.07. The van der Waals surface area contributed by atoms with Gasteiger partial charge in [-0.2, -0.15) is 5.10 Å². The molecule has 0 radical (unpaired) electrons. The maximum absolute atomic E-state index is 4.57. The molecule has 0 fully saturated rings. The number of hydrogen-bond donors (Lipinski definition) is 2. The summed E-state index contributed by atoms with van der Waals surface area (Å²) >= 11 is 0. The lowest BCUT2D eigenvalue weighted by Crippen LogP contribution is -1.80. The van der Waals surface area contributed by atoms with Gasteiger partial charge in [-0.1, -0.05) is 5.22 Å². The maximum Gasteiger partial charge on any atom is 0.159 e. The first kappa shape index (κ1) is 4.87. The molecule has 5 heteroatoms. The summed E-state index contributed by atoms with van der Waals surface area (Å²) in [7, 11) is 0. The normalized spacial score (nSPS) is 11.3. The molecule has 0 aromatic carbocycles. The molecule has 0 atom stereocenters. The van der Waals surface area contributed by atoms with Gasteiger partial charge in [-0.3, -0.25) is 0 Å². The van der Waals surface area contributed by atoms with Gasteiger partial charge < -0.3 is 11.7 Å². The molecular formula is CH5N5. The van der Waals surface area contributed by atoms with Crippen LogP contribution in [0.5, 0.6) is 0 Å². The molecule has 0 rings (SSSR count).